The van der Waals surface area contributed by atoms with Gasteiger partial charge < -0.3 is 14.7 Å². The highest BCUT2D eigenvalue weighted by Gasteiger charge is 2.33. The predicted molar refractivity (Wildman–Crippen MR) is 134 cm³/mol. The number of piperidine rings is 1. The number of carbonyl (C=O) groups is 1. The van der Waals surface area contributed by atoms with E-state index in [0.29, 0.717) is 19.0 Å². The first kappa shape index (κ1) is 25.7. The molecule has 2 rings (SSSR count). The molecule has 0 aromatic heterocycles. The standard InChI is InChI=1S/C28H39NO3/c1-8-9-12-20(2)22(4)26(25-14-11-10-13-24(25)21(3)19-30)23-15-17-29(18-16-23)27(31)32-28(5,6)7/h8-14,23,26,30H,1,3,15-19H2,2,4-7H3/b12-9-,22-20+. The van der Waals surface area contributed by atoms with Gasteiger partial charge in [-0.15, -0.1) is 0 Å². The number of nitrogens with zero attached hydrogens (tertiary/aromatic N) is 1. The Bertz CT molecular complexity index is 880. The molecule has 1 amide bonds. The van der Waals surface area contributed by atoms with Crippen molar-refractivity contribution in [2.75, 3.05) is 19.7 Å². The van der Waals surface area contributed by atoms with Gasteiger partial charge in [0.2, 0.25) is 0 Å². The first-order valence-electron chi connectivity index (χ1n) is 11.4. The van der Waals surface area contributed by atoms with Crippen LogP contribution in [-0.4, -0.2) is 41.4 Å². The summed E-state index contributed by atoms with van der Waals surface area (Å²) in [4.78, 5) is 14.4. The summed E-state index contributed by atoms with van der Waals surface area (Å²) in [6.45, 7) is 19.2. The number of carbonyl (C=O) groups excluding carboxylic acids is 1. The summed E-state index contributed by atoms with van der Waals surface area (Å²) >= 11 is 0. The van der Waals surface area contributed by atoms with Crippen molar-refractivity contribution in [2.45, 2.75) is 59.0 Å². The molecule has 0 aliphatic carbocycles. The van der Waals surface area contributed by atoms with Crippen molar-refractivity contribution in [1.29, 1.82) is 0 Å². The van der Waals surface area contributed by atoms with Crippen LogP contribution >= 0.6 is 0 Å². The van der Waals surface area contributed by atoms with Crippen molar-refractivity contribution in [1.82, 2.24) is 4.90 Å². The van der Waals surface area contributed by atoms with Crippen LogP contribution in [0.5, 0.6) is 0 Å². The zero-order valence-electron chi connectivity index (χ0n) is 20.4. The highest BCUT2D eigenvalue weighted by atomic mass is 16.6. The number of ether oxygens (including phenoxy) is 1. The number of aliphatic hydroxyl groups excluding tert-OH is 1. The first-order valence-corrected chi connectivity index (χ1v) is 11.4. The fraction of sp³-hybridized carbons (Fsp3) is 0.464. The summed E-state index contributed by atoms with van der Waals surface area (Å²) in [6.07, 6.45) is 7.37. The number of rotatable bonds is 7. The molecular weight excluding hydrogens is 398 g/mol. The van der Waals surface area contributed by atoms with Gasteiger partial charge in [0.25, 0.3) is 0 Å². The van der Waals surface area contributed by atoms with Gasteiger partial charge in [-0.25, -0.2) is 4.79 Å². The van der Waals surface area contributed by atoms with Crippen molar-refractivity contribution in [3.05, 3.63) is 77.9 Å². The average molecular weight is 438 g/mol. The Morgan fingerprint density at radius 1 is 1.25 bits per heavy atom. The molecular formula is C28H39NO3. The number of likely N-dealkylation sites (tertiary alicyclic amines) is 1. The summed E-state index contributed by atoms with van der Waals surface area (Å²) in [5, 5.41) is 9.77. The molecule has 1 aromatic rings. The van der Waals surface area contributed by atoms with Crippen molar-refractivity contribution >= 4 is 11.7 Å². The van der Waals surface area contributed by atoms with Gasteiger partial charge in [0.05, 0.1) is 6.61 Å². The van der Waals surface area contributed by atoms with Gasteiger partial charge in [-0.05, 0) is 70.1 Å². The van der Waals surface area contributed by atoms with Gasteiger partial charge in [0, 0.05) is 19.0 Å². The van der Waals surface area contributed by atoms with Gasteiger partial charge in [-0.2, -0.15) is 0 Å². The molecule has 0 spiro atoms. The van der Waals surface area contributed by atoms with Gasteiger partial charge in [-0.3, -0.25) is 0 Å². The molecule has 174 valence electrons. The fourth-order valence-corrected chi connectivity index (χ4v) is 4.35. The van der Waals surface area contributed by atoms with Gasteiger partial charge in [-0.1, -0.05) is 66.8 Å². The highest BCUT2D eigenvalue weighted by Crippen LogP contribution is 2.42. The minimum Gasteiger partial charge on any atom is -0.444 e. The molecule has 4 nitrogen and oxygen atoms in total. The molecule has 1 aromatic carbocycles. The van der Waals surface area contributed by atoms with Crippen LogP contribution < -0.4 is 0 Å². The number of allylic oxidation sites excluding steroid dienone is 5. The topological polar surface area (TPSA) is 49.8 Å². The van der Waals surface area contributed by atoms with Crippen LogP contribution in [0.25, 0.3) is 5.57 Å². The average Bonchev–Trinajstić information content (AvgIpc) is 2.76. The third-order valence-electron chi connectivity index (χ3n) is 6.10. The SMILES string of the molecule is C=C/C=C\C(C)=C(/C)C(c1ccccc1C(=C)CO)C1CCN(C(=O)OC(C)(C)C)CC1. The van der Waals surface area contributed by atoms with Crippen LogP contribution in [0.1, 0.15) is 64.5 Å². The smallest absolute Gasteiger partial charge is 0.410 e. The van der Waals surface area contributed by atoms with Crippen LogP contribution in [0.2, 0.25) is 0 Å². The highest BCUT2D eigenvalue weighted by molar-refractivity contribution is 5.69. The molecule has 1 N–H and O–H groups in total. The van der Waals surface area contributed by atoms with Crippen LogP contribution in [-0.2, 0) is 4.74 Å². The van der Waals surface area contributed by atoms with E-state index in [4.69, 9.17) is 4.74 Å². The predicted octanol–water partition coefficient (Wildman–Crippen LogP) is 6.50. The number of hydrogen-bond donors (Lipinski definition) is 1. The summed E-state index contributed by atoms with van der Waals surface area (Å²) in [5.74, 6) is 0.540. The zero-order valence-corrected chi connectivity index (χ0v) is 20.4. The van der Waals surface area contributed by atoms with Gasteiger partial charge >= 0.3 is 6.09 Å². The molecule has 4 heteroatoms. The Balaban J connectivity index is 2.38. The van der Waals surface area contributed by atoms with Crippen molar-refractivity contribution in [3.8, 4) is 0 Å². The second kappa shape index (κ2) is 11.3. The molecule has 1 aliphatic rings. The first-order chi connectivity index (χ1) is 15.1. The third kappa shape index (κ3) is 6.70. The molecule has 1 atom stereocenters. The number of benzene rings is 1. The molecule has 1 saturated heterocycles. The van der Waals surface area contributed by atoms with Crippen LogP contribution in [0, 0.1) is 5.92 Å². The van der Waals surface area contributed by atoms with Crippen molar-refractivity contribution < 1.29 is 14.6 Å². The monoisotopic (exact) mass is 437 g/mol. The largest absolute Gasteiger partial charge is 0.444 e. The second-order valence-corrected chi connectivity index (χ2v) is 9.59. The Kier molecular flexibility index (Phi) is 9.09. The van der Waals surface area contributed by atoms with Crippen molar-refractivity contribution in [3.63, 3.8) is 0 Å². The Morgan fingerprint density at radius 2 is 1.88 bits per heavy atom. The van der Waals surface area contributed by atoms with Crippen molar-refractivity contribution in [2.24, 2.45) is 5.92 Å². The van der Waals surface area contributed by atoms with Gasteiger partial charge in [0.1, 0.15) is 5.60 Å². The Morgan fingerprint density at radius 3 is 2.44 bits per heavy atom. The van der Waals surface area contributed by atoms with E-state index in [2.05, 4.69) is 45.2 Å². The minimum atomic E-state index is -0.492. The molecule has 1 unspecified atom stereocenters. The maximum absolute atomic E-state index is 12.5. The van der Waals surface area contributed by atoms with E-state index in [-0.39, 0.29) is 18.6 Å². The van der Waals surface area contributed by atoms with E-state index >= 15 is 0 Å². The quantitative estimate of drug-likeness (QED) is 0.495. The van der Waals surface area contributed by atoms with E-state index in [0.717, 1.165) is 24.0 Å². The fourth-order valence-electron chi connectivity index (χ4n) is 4.35. The third-order valence-corrected chi connectivity index (χ3v) is 6.10. The maximum atomic E-state index is 12.5. The zero-order chi connectivity index (χ0) is 23.9. The summed E-state index contributed by atoms with van der Waals surface area (Å²) in [6, 6.07) is 8.23. The summed E-state index contributed by atoms with van der Waals surface area (Å²) in [7, 11) is 0. The Labute approximate surface area is 194 Å². The number of aliphatic hydroxyl groups is 1. The van der Waals surface area contributed by atoms with Crippen LogP contribution in [0.3, 0.4) is 0 Å². The molecule has 1 heterocycles. The molecule has 0 radical (unpaired) electrons. The lowest BCUT2D eigenvalue weighted by Gasteiger charge is -2.38. The number of hydrogen-bond acceptors (Lipinski definition) is 3. The van der Waals surface area contributed by atoms with Crippen LogP contribution in [0.15, 0.2) is 66.8 Å². The maximum Gasteiger partial charge on any atom is 0.410 e. The second-order valence-electron chi connectivity index (χ2n) is 9.59. The normalized spacial score (nSPS) is 17.1. The van der Waals surface area contributed by atoms with E-state index in [1.54, 1.807) is 6.08 Å². The molecule has 0 saturated carbocycles. The van der Waals surface area contributed by atoms with E-state index < -0.39 is 5.60 Å². The lowest BCUT2D eigenvalue weighted by Crippen LogP contribution is -2.42. The lowest BCUT2D eigenvalue weighted by atomic mass is 9.73. The van der Waals surface area contributed by atoms with E-state index in [9.17, 15) is 9.90 Å². The molecule has 32 heavy (non-hydrogen) atoms. The molecule has 0 bridgehead atoms. The summed E-state index contributed by atoms with van der Waals surface area (Å²) in [5.41, 5.74) is 4.92. The Hall–Kier alpha value is -2.59. The molecule has 1 aliphatic heterocycles. The van der Waals surface area contributed by atoms with Crippen LogP contribution in [0.4, 0.5) is 4.79 Å². The van der Waals surface area contributed by atoms with E-state index in [1.165, 1.54) is 16.7 Å². The summed E-state index contributed by atoms with van der Waals surface area (Å²) < 4.78 is 5.57. The lowest BCUT2D eigenvalue weighted by molar-refractivity contribution is 0.0178. The molecule has 1 fully saturated rings. The number of amides is 1. The van der Waals surface area contributed by atoms with Gasteiger partial charge in [0.15, 0.2) is 0 Å². The van der Waals surface area contributed by atoms with E-state index in [1.807, 2.05) is 43.9 Å². The minimum absolute atomic E-state index is 0.0705.